The van der Waals surface area contributed by atoms with Crippen molar-refractivity contribution in [3.05, 3.63) is 65.7 Å². The first-order valence-corrected chi connectivity index (χ1v) is 11.4. The highest BCUT2D eigenvalue weighted by Gasteiger charge is 2.25. The van der Waals surface area contributed by atoms with Crippen LogP contribution in [-0.4, -0.2) is 44.9 Å². The molecule has 0 unspecified atom stereocenters. The van der Waals surface area contributed by atoms with E-state index >= 15 is 0 Å². The number of carbonyl (C=O) groups is 1. The Kier molecular flexibility index (Phi) is 6.75. The zero-order chi connectivity index (χ0) is 21.8. The molecule has 0 atom stereocenters. The quantitative estimate of drug-likeness (QED) is 0.738. The molecule has 1 saturated heterocycles. The van der Waals surface area contributed by atoms with E-state index in [9.17, 15) is 13.2 Å². The van der Waals surface area contributed by atoms with Gasteiger partial charge in [0, 0.05) is 24.9 Å². The molecule has 30 heavy (non-hydrogen) atoms. The first-order chi connectivity index (χ1) is 14.2. The number of morpholine rings is 1. The molecular formula is C23H28N2O4S. The van der Waals surface area contributed by atoms with Crippen molar-refractivity contribution in [3.8, 4) is 0 Å². The molecule has 1 aliphatic rings. The molecule has 2 aromatic carbocycles. The average molecular weight is 429 g/mol. The predicted octanol–water partition coefficient (Wildman–Crippen LogP) is 3.66. The fraction of sp³-hybridized carbons (Fsp3) is 0.348. The number of carbonyl (C=O) groups excluding carboxylic acids is 1. The van der Waals surface area contributed by atoms with Crippen molar-refractivity contribution in [1.29, 1.82) is 0 Å². The van der Waals surface area contributed by atoms with Gasteiger partial charge in [-0.15, -0.1) is 0 Å². The Hall–Kier alpha value is -2.48. The van der Waals surface area contributed by atoms with Gasteiger partial charge in [0.05, 0.1) is 18.1 Å². The lowest BCUT2D eigenvalue weighted by molar-refractivity contribution is -0.111. The summed E-state index contributed by atoms with van der Waals surface area (Å²) in [5.74, 6) is -0.247. The molecule has 0 radical (unpaired) electrons. The van der Waals surface area contributed by atoms with Crippen LogP contribution in [0.5, 0.6) is 0 Å². The summed E-state index contributed by atoms with van der Waals surface area (Å²) >= 11 is 0. The molecule has 160 valence electrons. The summed E-state index contributed by atoms with van der Waals surface area (Å²) in [6.45, 7) is 7.96. The molecule has 0 aliphatic carbocycles. The molecule has 2 aromatic rings. The maximum Gasteiger partial charge on any atom is 0.248 e. The van der Waals surface area contributed by atoms with Gasteiger partial charge in [-0.1, -0.05) is 45.0 Å². The first kappa shape index (κ1) is 22.2. The van der Waals surface area contributed by atoms with E-state index in [0.717, 1.165) is 11.3 Å². The van der Waals surface area contributed by atoms with E-state index in [1.54, 1.807) is 30.3 Å². The van der Waals surface area contributed by atoms with Crippen molar-refractivity contribution in [2.24, 2.45) is 0 Å². The minimum Gasteiger partial charge on any atom is -0.379 e. The molecule has 1 aliphatic heterocycles. The highest BCUT2D eigenvalue weighted by molar-refractivity contribution is 7.89. The summed E-state index contributed by atoms with van der Waals surface area (Å²) in [6.07, 6.45) is 3.09. The van der Waals surface area contributed by atoms with E-state index in [1.807, 2.05) is 24.3 Å². The number of sulfonamides is 1. The first-order valence-electron chi connectivity index (χ1n) is 9.94. The second kappa shape index (κ2) is 9.12. The van der Waals surface area contributed by atoms with Gasteiger partial charge >= 0.3 is 0 Å². The number of nitrogens with zero attached hydrogens (tertiary/aromatic N) is 1. The molecule has 6 nitrogen and oxygen atoms in total. The maximum absolute atomic E-state index is 12.6. The number of benzene rings is 2. The minimum atomic E-state index is -3.51. The van der Waals surface area contributed by atoms with Gasteiger partial charge in [0.1, 0.15) is 0 Å². The molecule has 0 aromatic heterocycles. The van der Waals surface area contributed by atoms with Gasteiger partial charge in [-0.3, -0.25) is 4.79 Å². The lowest BCUT2D eigenvalue weighted by Gasteiger charge is -2.26. The normalized spacial score (nSPS) is 16.0. The molecule has 1 N–H and O–H groups in total. The zero-order valence-corrected chi connectivity index (χ0v) is 18.4. The summed E-state index contributed by atoms with van der Waals surface area (Å²) < 4.78 is 31.9. The van der Waals surface area contributed by atoms with Crippen LogP contribution in [0.1, 0.15) is 31.9 Å². The Balaban J connectivity index is 1.61. The fourth-order valence-electron chi connectivity index (χ4n) is 3.10. The second-order valence-electron chi connectivity index (χ2n) is 8.24. The predicted molar refractivity (Wildman–Crippen MR) is 119 cm³/mol. The summed E-state index contributed by atoms with van der Waals surface area (Å²) in [6, 6.07) is 14.3. The standard InChI is InChI=1S/C23H28N2O4S/c1-23(2,3)19-7-9-20(10-8-19)24-22(26)13-6-18-4-11-21(12-5-18)30(27,28)25-14-16-29-17-15-25/h4-13H,14-17H2,1-3H3,(H,24,26). The van der Waals surface area contributed by atoms with Gasteiger partial charge in [-0.25, -0.2) is 8.42 Å². The molecule has 1 heterocycles. The Morgan fingerprint density at radius 3 is 2.17 bits per heavy atom. The second-order valence-corrected chi connectivity index (χ2v) is 10.2. The van der Waals surface area contributed by atoms with Gasteiger partial charge in [-0.05, 0) is 46.9 Å². The molecule has 1 fully saturated rings. The summed E-state index contributed by atoms with van der Waals surface area (Å²) in [5.41, 5.74) is 2.73. The third-order valence-corrected chi connectivity index (χ3v) is 6.85. The molecule has 7 heteroatoms. The topological polar surface area (TPSA) is 75.7 Å². The van der Waals surface area contributed by atoms with Crippen molar-refractivity contribution in [3.63, 3.8) is 0 Å². The summed E-state index contributed by atoms with van der Waals surface area (Å²) in [4.78, 5) is 12.4. The lowest BCUT2D eigenvalue weighted by Crippen LogP contribution is -2.40. The third-order valence-electron chi connectivity index (χ3n) is 4.93. The average Bonchev–Trinajstić information content (AvgIpc) is 2.73. The monoisotopic (exact) mass is 428 g/mol. The number of ether oxygens (including phenoxy) is 1. The van der Waals surface area contributed by atoms with E-state index < -0.39 is 10.0 Å². The van der Waals surface area contributed by atoms with Gasteiger partial charge in [0.15, 0.2) is 0 Å². The molecule has 0 bridgehead atoms. The van der Waals surface area contributed by atoms with Gasteiger partial charge in [0.25, 0.3) is 0 Å². The van der Waals surface area contributed by atoms with Crippen molar-refractivity contribution in [2.75, 3.05) is 31.6 Å². The summed E-state index contributed by atoms with van der Waals surface area (Å²) in [7, 11) is -3.51. The van der Waals surface area contributed by atoms with Crippen molar-refractivity contribution in [1.82, 2.24) is 4.31 Å². The van der Waals surface area contributed by atoms with E-state index in [-0.39, 0.29) is 16.2 Å². The third kappa shape index (κ3) is 5.56. The van der Waals surface area contributed by atoms with Gasteiger partial charge in [0.2, 0.25) is 15.9 Å². The van der Waals surface area contributed by atoms with Crippen LogP contribution in [0.15, 0.2) is 59.5 Å². The molecular weight excluding hydrogens is 400 g/mol. The molecule has 3 rings (SSSR count). The van der Waals surface area contributed by atoms with Gasteiger partial charge in [-0.2, -0.15) is 4.31 Å². The van der Waals surface area contributed by atoms with Crippen LogP contribution in [0.4, 0.5) is 5.69 Å². The number of hydrogen-bond donors (Lipinski definition) is 1. The van der Waals surface area contributed by atoms with Crippen LogP contribution in [-0.2, 0) is 25.0 Å². The summed E-state index contributed by atoms with van der Waals surface area (Å²) in [5, 5.41) is 2.83. The SMILES string of the molecule is CC(C)(C)c1ccc(NC(=O)C=Cc2ccc(S(=O)(=O)N3CCOCC3)cc2)cc1. The van der Waals surface area contributed by atoms with Crippen LogP contribution in [0.2, 0.25) is 0 Å². The number of amides is 1. The highest BCUT2D eigenvalue weighted by atomic mass is 32.2. The number of rotatable bonds is 5. The Morgan fingerprint density at radius 1 is 1.00 bits per heavy atom. The van der Waals surface area contributed by atoms with E-state index in [1.165, 1.54) is 15.9 Å². The molecule has 0 spiro atoms. The Labute approximate surface area is 178 Å². The molecule has 1 amide bonds. The number of hydrogen-bond acceptors (Lipinski definition) is 4. The maximum atomic E-state index is 12.6. The molecule has 0 saturated carbocycles. The number of nitrogens with one attached hydrogen (secondary N) is 1. The van der Waals surface area contributed by atoms with Crippen LogP contribution in [0.25, 0.3) is 6.08 Å². The Morgan fingerprint density at radius 2 is 1.60 bits per heavy atom. The van der Waals surface area contributed by atoms with Crippen molar-refractivity contribution >= 4 is 27.7 Å². The van der Waals surface area contributed by atoms with E-state index in [4.69, 9.17) is 4.74 Å². The van der Waals surface area contributed by atoms with Crippen LogP contribution in [0.3, 0.4) is 0 Å². The zero-order valence-electron chi connectivity index (χ0n) is 17.6. The Bertz CT molecular complexity index is 999. The minimum absolute atomic E-state index is 0.0594. The smallest absolute Gasteiger partial charge is 0.248 e. The number of anilines is 1. The highest BCUT2D eigenvalue weighted by Crippen LogP contribution is 2.23. The van der Waals surface area contributed by atoms with Crippen LogP contribution in [0, 0.1) is 0 Å². The van der Waals surface area contributed by atoms with Crippen LogP contribution >= 0.6 is 0 Å². The van der Waals surface area contributed by atoms with Crippen molar-refractivity contribution in [2.45, 2.75) is 31.1 Å². The fourth-order valence-corrected chi connectivity index (χ4v) is 4.50. The van der Waals surface area contributed by atoms with E-state index in [0.29, 0.717) is 26.3 Å². The largest absolute Gasteiger partial charge is 0.379 e. The van der Waals surface area contributed by atoms with Crippen LogP contribution < -0.4 is 5.32 Å². The van der Waals surface area contributed by atoms with Gasteiger partial charge < -0.3 is 10.1 Å². The van der Waals surface area contributed by atoms with E-state index in [2.05, 4.69) is 26.1 Å². The van der Waals surface area contributed by atoms with Crippen molar-refractivity contribution < 1.29 is 17.9 Å². The lowest BCUT2D eigenvalue weighted by atomic mass is 9.87.